The summed E-state index contributed by atoms with van der Waals surface area (Å²) in [6, 6.07) is 10.8. The van der Waals surface area contributed by atoms with Crippen LogP contribution in [0, 0.1) is 0 Å². The maximum Gasteiger partial charge on any atom is 0.0926 e. The second-order valence-electron chi connectivity index (χ2n) is 4.23. The highest BCUT2D eigenvalue weighted by Crippen LogP contribution is 2.19. The molecule has 3 heteroatoms. The van der Waals surface area contributed by atoms with Gasteiger partial charge in [0.2, 0.25) is 0 Å². The summed E-state index contributed by atoms with van der Waals surface area (Å²) in [7, 11) is 3.93. The smallest absolute Gasteiger partial charge is 0.0926 e. The highest BCUT2D eigenvalue weighted by molar-refractivity contribution is 5.59. The molecule has 0 fully saturated rings. The minimum atomic E-state index is 0.844. The molecule has 17 heavy (non-hydrogen) atoms. The van der Waals surface area contributed by atoms with Gasteiger partial charge in [0.25, 0.3) is 0 Å². The molecule has 0 bridgehead atoms. The lowest BCUT2D eigenvalue weighted by Crippen LogP contribution is -2.09. The standard InChI is InChI=1S/C14H19N3/c1-4-11-5-7-12(8-6-11)14-9-13(10-15-2)17(3)16-14/h5-9,15H,4,10H2,1-3H3. The molecule has 0 spiro atoms. The number of hydrogen-bond acceptors (Lipinski definition) is 2. The molecule has 1 heterocycles. The van der Waals surface area contributed by atoms with E-state index in [2.05, 4.69) is 47.7 Å². The molecule has 0 aliphatic heterocycles. The first-order valence-corrected chi connectivity index (χ1v) is 6.01. The second-order valence-corrected chi connectivity index (χ2v) is 4.23. The van der Waals surface area contributed by atoms with Crippen molar-refractivity contribution in [1.29, 1.82) is 0 Å². The van der Waals surface area contributed by atoms with Crippen molar-refractivity contribution in [2.24, 2.45) is 7.05 Å². The van der Waals surface area contributed by atoms with Crippen LogP contribution in [0.15, 0.2) is 30.3 Å². The highest BCUT2D eigenvalue weighted by atomic mass is 15.3. The molecule has 1 N–H and O–H groups in total. The fraction of sp³-hybridized carbons (Fsp3) is 0.357. The van der Waals surface area contributed by atoms with E-state index in [0.717, 1.165) is 18.7 Å². The number of hydrogen-bond donors (Lipinski definition) is 1. The number of nitrogens with one attached hydrogen (secondary N) is 1. The van der Waals surface area contributed by atoms with Crippen molar-refractivity contribution < 1.29 is 0 Å². The average Bonchev–Trinajstić information content (AvgIpc) is 2.72. The average molecular weight is 229 g/mol. The van der Waals surface area contributed by atoms with E-state index in [4.69, 9.17) is 0 Å². The molecule has 0 atom stereocenters. The van der Waals surface area contributed by atoms with E-state index in [1.807, 2.05) is 18.8 Å². The van der Waals surface area contributed by atoms with Crippen LogP contribution in [0.2, 0.25) is 0 Å². The van der Waals surface area contributed by atoms with Gasteiger partial charge in [-0.1, -0.05) is 31.2 Å². The van der Waals surface area contributed by atoms with E-state index in [-0.39, 0.29) is 0 Å². The van der Waals surface area contributed by atoms with E-state index < -0.39 is 0 Å². The Morgan fingerprint density at radius 3 is 2.53 bits per heavy atom. The Bertz CT molecular complexity index is 483. The van der Waals surface area contributed by atoms with Gasteiger partial charge in [-0.2, -0.15) is 5.10 Å². The highest BCUT2D eigenvalue weighted by Gasteiger charge is 2.06. The van der Waals surface area contributed by atoms with Crippen LogP contribution < -0.4 is 5.32 Å². The van der Waals surface area contributed by atoms with Gasteiger partial charge in [-0.25, -0.2) is 0 Å². The van der Waals surface area contributed by atoms with Crippen molar-refractivity contribution in [2.45, 2.75) is 19.9 Å². The Morgan fingerprint density at radius 2 is 1.94 bits per heavy atom. The van der Waals surface area contributed by atoms with Gasteiger partial charge in [-0.15, -0.1) is 0 Å². The molecule has 2 rings (SSSR count). The first-order valence-electron chi connectivity index (χ1n) is 6.01. The second kappa shape index (κ2) is 5.15. The van der Waals surface area contributed by atoms with Crippen LogP contribution in [0.5, 0.6) is 0 Å². The molecule has 0 amide bonds. The largest absolute Gasteiger partial charge is 0.314 e. The molecule has 0 aliphatic carbocycles. The summed E-state index contributed by atoms with van der Waals surface area (Å²) >= 11 is 0. The third-order valence-electron chi connectivity index (χ3n) is 2.99. The summed E-state index contributed by atoms with van der Waals surface area (Å²) < 4.78 is 1.93. The lowest BCUT2D eigenvalue weighted by molar-refractivity contribution is 0.673. The summed E-state index contributed by atoms with van der Waals surface area (Å²) in [6.07, 6.45) is 1.08. The van der Waals surface area contributed by atoms with Gasteiger partial charge in [-0.3, -0.25) is 4.68 Å². The van der Waals surface area contributed by atoms with Gasteiger partial charge >= 0.3 is 0 Å². The van der Waals surface area contributed by atoms with Gasteiger partial charge < -0.3 is 5.32 Å². The van der Waals surface area contributed by atoms with Crippen molar-refractivity contribution in [3.8, 4) is 11.3 Å². The van der Waals surface area contributed by atoms with Crippen LogP contribution >= 0.6 is 0 Å². The summed E-state index contributed by atoms with van der Waals surface area (Å²) in [5.41, 5.74) is 4.78. The monoisotopic (exact) mass is 229 g/mol. The number of benzene rings is 1. The molecule has 1 aromatic heterocycles. The quantitative estimate of drug-likeness (QED) is 0.872. The van der Waals surface area contributed by atoms with Crippen LogP contribution in [0.25, 0.3) is 11.3 Å². The zero-order valence-corrected chi connectivity index (χ0v) is 10.7. The molecule has 90 valence electrons. The van der Waals surface area contributed by atoms with Gasteiger partial charge in [-0.05, 0) is 25.1 Å². The molecule has 3 nitrogen and oxygen atoms in total. The van der Waals surface area contributed by atoms with E-state index in [1.165, 1.54) is 16.8 Å². The fourth-order valence-electron chi connectivity index (χ4n) is 1.90. The summed E-state index contributed by atoms with van der Waals surface area (Å²) in [6.45, 7) is 3.01. The van der Waals surface area contributed by atoms with Crippen LogP contribution in [0.3, 0.4) is 0 Å². The molecular weight excluding hydrogens is 210 g/mol. The Labute approximate surface area is 102 Å². The predicted molar refractivity (Wildman–Crippen MR) is 70.8 cm³/mol. The van der Waals surface area contributed by atoms with E-state index in [9.17, 15) is 0 Å². The Morgan fingerprint density at radius 1 is 1.24 bits per heavy atom. The maximum absolute atomic E-state index is 4.53. The number of aromatic nitrogens is 2. The van der Waals surface area contributed by atoms with E-state index >= 15 is 0 Å². The van der Waals surface area contributed by atoms with Gasteiger partial charge in [0, 0.05) is 19.2 Å². The zero-order chi connectivity index (χ0) is 12.3. The van der Waals surface area contributed by atoms with Crippen LogP contribution in [0.4, 0.5) is 0 Å². The lowest BCUT2D eigenvalue weighted by Gasteiger charge is -1.98. The topological polar surface area (TPSA) is 29.9 Å². The van der Waals surface area contributed by atoms with Crippen molar-refractivity contribution >= 4 is 0 Å². The molecule has 0 saturated heterocycles. The lowest BCUT2D eigenvalue weighted by atomic mass is 10.1. The van der Waals surface area contributed by atoms with Crippen molar-refractivity contribution in [3.05, 3.63) is 41.6 Å². The Hall–Kier alpha value is -1.61. The number of rotatable bonds is 4. The molecule has 0 unspecified atom stereocenters. The number of aryl methyl sites for hydroxylation is 2. The molecule has 1 aromatic carbocycles. The van der Waals surface area contributed by atoms with Gasteiger partial charge in [0.05, 0.1) is 11.4 Å². The molecular formula is C14H19N3. The first kappa shape index (κ1) is 11.9. The Balaban J connectivity index is 2.29. The van der Waals surface area contributed by atoms with Crippen LogP contribution in [0.1, 0.15) is 18.2 Å². The van der Waals surface area contributed by atoms with Crippen molar-refractivity contribution in [1.82, 2.24) is 15.1 Å². The third kappa shape index (κ3) is 2.56. The summed E-state index contributed by atoms with van der Waals surface area (Å²) in [4.78, 5) is 0. The van der Waals surface area contributed by atoms with Crippen molar-refractivity contribution in [3.63, 3.8) is 0 Å². The number of nitrogens with zero attached hydrogens (tertiary/aromatic N) is 2. The fourth-order valence-corrected chi connectivity index (χ4v) is 1.90. The summed E-state index contributed by atoms with van der Waals surface area (Å²) in [5.74, 6) is 0. The molecule has 0 radical (unpaired) electrons. The van der Waals surface area contributed by atoms with Crippen molar-refractivity contribution in [2.75, 3.05) is 7.05 Å². The van der Waals surface area contributed by atoms with E-state index in [0.29, 0.717) is 0 Å². The minimum absolute atomic E-state index is 0.844. The normalized spacial score (nSPS) is 10.8. The summed E-state index contributed by atoms with van der Waals surface area (Å²) in [5, 5.41) is 7.68. The maximum atomic E-state index is 4.53. The van der Waals surface area contributed by atoms with E-state index in [1.54, 1.807) is 0 Å². The van der Waals surface area contributed by atoms with Crippen LogP contribution in [-0.4, -0.2) is 16.8 Å². The predicted octanol–water partition coefficient (Wildman–Crippen LogP) is 2.37. The van der Waals surface area contributed by atoms with Crippen LogP contribution in [-0.2, 0) is 20.0 Å². The molecule has 0 saturated carbocycles. The first-order chi connectivity index (χ1) is 8.24. The third-order valence-corrected chi connectivity index (χ3v) is 2.99. The molecule has 2 aromatic rings. The minimum Gasteiger partial charge on any atom is -0.314 e. The zero-order valence-electron chi connectivity index (χ0n) is 10.7. The SMILES string of the molecule is CCc1ccc(-c2cc(CNC)n(C)n2)cc1. The Kier molecular flexibility index (Phi) is 3.59. The van der Waals surface area contributed by atoms with Gasteiger partial charge in [0.15, 0.2) is 0 Å². The van der Waals surface area contributed by atoms with Gasteiger partial charge in [0.1, 0.15) is 0 Å². The molecule has 0 aliphatic rings.